The molecule has 0 spiro atoms. The molecule has 2 unspecified atom stereocenters. The van der Waals surface area contributed by atoms with E-state index in [1.54, 1.807) is 6.07 Å². The molecule has 2 atom stereocenters. The van der Waals surface area contributed by atoms with Crippen molar-refractivity contribution in [2.24, 2.45) is 5.73 Å². The van der Waals surface area contributed by atoms with E-state index in [1.807, 2.05) is 12.1 Å². The van der Waals surface area contributed by atoms with Gasteiger partial charge in [-0.2, -0.15) is 0 Å². The van der Waals surface area contributed by atoms with E-state index in [0.717, 1.165) is 31.4 Å². The summed E-state index contributed by atoms with van der Waals surface area (Å²) in [6.45, 7) is 0.788. The standard InChI is InChI=1S/C12H15Cl2NO/c13-9-5-3-4-8(11(9)14)12(15)10-6-1-2-7-16-10/h3-5,10,12H,1-2,6-7,15H2. The van der Waals surface area contributed by atoms with Gasteiger partial charge in [-0.1, -0.05) is 35.3 Å². The molecule has 1 saturated heterocycles. The van der Waals surface area contributed by atoms with Crippen molar-refractivity contribution in [3.63, 3.8) is 0 Å². The van der Waals surface area contributed by atoms with Crippen LogP contribution in [0.15, 0.2) is 18.2 Å². The molecule has 1 aromatic carbocycles. The maximum atomic E-state index is 6.17. The van der Waals surface area contributed by atoms with Crippen molar-refractivity contribution in [2.75, 3.05) is 6.61 Å². The Morgan fingerprint density at radius 1 is 1.31 bits per heavy atom. The Kier molecular flexibility index (Phi) is 4.09. The van der Waals surface area contributed by atoms with Crippen molar-refractivity contribution in [1.29, 1.82) is 0 Å². The molecule has 0 aromatic heterocycles. The van der Waals surface area contributed by atoms with Gasteiger partial charge in [0.25, 0.3) is 0 Å². The van der Waals surface area contributed by atoms with E-state index in [-0.39, 0.29) is 12.1 Å². The van der Waals surface area contributed by atoms with E-state index in [4.69, 9.17) is 33.7 Å². The Labute approximate surface area is 106 Å². The Morgan fingerprint density at radius 2 is 2.12 bits per heavy atom. The second-order valence-electron chi connectivity index (χ2n) is 4.07. The smallest absolute Gasteiger partial charge is 0.0768 e. The molecule has 88 valence electrons. The molecule has 4 heteroatoms. The average molecular weight is 260 g/mol. The van der Waals surface area contributed by atoms with Crippen molar-refractivity contribution >= 4 is 23.2 Å². The van der Waals surface area contributed by atoms with Crippen LogP contribution in [0, 0.1) is 0 Å². The van der Waals surface area contributed by atoms with Gasteiger partial charge in [0, 0.05) is 6.61 Å². The first kappa shape index (κ1) is 12.2. The molecule has 0 amide bonds. The fourth-order valence-corrected chi connectivity index (χ4v) is 2.46. The largest absolute Gasteiger partial charge is 0.376 e. The zero-order valence-electron chi connectivity index (χ0n) is 8.96. The molecule has 16 heavy (non-hydrogen) atoms. The van der Waals surface area contributed by atoms with Crippen LogP contribution in [-0.2, 0) is 4.74 Å². The average Bonchev–Trinajstić information content (AvgIpc) is 2.33. The second-order valence-corrected chi connectivity index (χ2v) is 4.86. The minimum atomic E-state index is -0.188. The van der Waals surface area contributed by atoms with Crippen LogP contribution in [0.2, 0.25) is 10.0 Å². The van der Waals surface area contributed by atoms with E-state index >= 15 is 0 Å². The van der Waals surface area contributed by atoms with Crippen LogP contribution in [0.25, 0.3) is 0 Å². The molecule has 2 nitrogen and oxygen atoms in total. The number of nitrogens with two attached hydrogens (primary N) is 1. The van der Waals surface area contributed by atoms with E-state index in [9.17, 15) is 0 Å². The maximum absolute atomic E-state index is 6.17. The second kappa shape index (κ2) is 5.37. The first-order valence-corrected chi connectivity index (χ1v) is 6.27. The Balaban J connectivity index is 2.19. The summed E-state index contributed by atoms with van der Waals surface area (Å²) in [4.78, 5) is 0. The van der Waals surface area contributed by atoms with Gasteiger partial charge in [-0.05, 0) is 30.9 Å². The Bertz CT molecular complexity index is 364. The number of rotatable bonds is 2. The van der Waals surface area contributed by atoms with Gasteiger partial charge >= 0.3 is 0 Å². The Morgan fingerprint density at radius 3 is 2.81 bits per heavy atom. The summed E-state index contributed by atoms with van der Waals surface area (Å²) in [7, 11) is 0. The summed E-state index contributed by atoms with van der Waals surface area (Å²) < 4.78 is 5.66. The summed E-state index contributed by atoms with van der Waals surface area (Å²) >= 11 is 12.1. The molecule has 0 radical (unpaired) electrons. The lowest BCUT2D eigenvalue weighted by molar-refractivity contribution is 0.0000314. The van der Waals surface area contributed by atoms with Crippen LogP contribution >= 0.6 is 23.2 Å². The maximum Gasteiger partial charge on any atom is 0.0768 e. The molecule has 1 fully saturated rings. The van der Waals surface area contributed by atoms with E-state index in [1.165, 1.54) is 0 Å². The lowest BCUT2D eigenvalue weighted by Crippen LogP contribution is -2.32. The molecule has 1 aromatic rings. The highest BCUT2D eigenvalue weighted by molar-refractivity contribution is 6.42. The fourth-order valence-electron chi connectivity index (χ4n) is 2.03. The third-order valence-corrected chi connectivity index (χ3v) is 3.79. The van der Waals surface area contributed by atoms with Gasteiger partial charge in [0.1, 0.15) is 0 Å². The molecular formula is C12H15Cl2NO. The minimum absolute atomic E-state index is 0.0599. The molecule has 0 saturated carbocycles. The first-order valence-electron chi connectivity index (χ1n) is 5.51. The molecule has 1 aliphatic heterocycles. The molecule has 1 aliphatic rings. The van der Waals surface area contributed by atoms with Gasteiger partial charge in [-0.15, -0.1) is 0 Å². The molecule has 2 N–H and O–H groups in total. The summed E-state index contributed by atoms with van der Waals surface area (Å²) in [5.41, 5.74) is 7.05. The highest BCUT2D eigenvalue weighted by Gasteiger charge is 2.24. The van der Waals surface area contributed by atoms with Gasteiger partial charge in [0.2, 0.25) is 0 Å². The topological polar surface area (TPSA) is 35.2 Å². The molecular weight excluding hydrogens is 245 g/mol. The lowest BCUT2D eigenvalue weighted by atomic mass is 9.96. The number of ether oxygens (including phenoxy) is 1. The van der Waals surface area contributed by atoms with Gasteiger partial charge in [-0.25, -0.2) is 0 Å². The van der Waals surface area contributed by atoms with E-state index in [2.05, 4.69) is 0 Å². The van der Waals surface area contributed by atoms with Crippen molar-refractivity contribution < 1.29 is 4.74 Å². The zero-order chi connectivity index (χ0) is 11.5. The van der Waals surface area contributed by atoms with E-state index in [0.29, 0.717) is 10.0 Å². The van der Waals surface area contributed by atoms with Crippen LogP contribution in [-0.4, -0.2) is 12.7 Å². The van der Waals surface area contributed by atoms with Crippen molar-refractivity contribution in [2.45, 2.75) is 31.4 Å². The van der Waals surface area contributed by atoms with Gasteiger partial charge in [0.05, 0.1) is 22.2 Å². The number of benzene rings is 1. The minimum Gasteiger partial charge on any atom is -0.376 e. The van der Waals surface area contributed by atoms with Crippen LogP contribution < -0.4 is 5.73 Å². The predicted molar refractivity (Wildman–Crippen MR) is 67.0 cm³/mol. The van der Waals surface area contributed by atoms with Crippen LogP contribution in [0.1, 0.15) is 30.9 Å². The third kappa shape index (κ3) is 2.51. The van der Waals surface area contributed by atoms with Gasteiger partial charge in [0.15, 0.2) is 0 Å². The van der Waals surface area contributed by atoms with Crippen molar-refractivity contribution in [1.82, 2.24) is 0 Å². The zero-order valence-corrected chi connectivity index (χ0v) is 10.5. The first-order chi connectivity index (χ1) is 7.70. The lowest BCUT2D eigenvalue weighted by Gasteiger charge is -2.28. The normalized spacial score (nSPS) is 23.1. The summed E-state index contributed by atoms with van der Waals surface area (Å²) in [5.74, 6) is 0. The molecule has 1 heterocycles. The molecule has 0 aliphatic carbocycles. The third-order valence-electron chi connectivity index (χ3n) is 2.96. The summed E-state index contributed by atoms with van der Waals surface area (Å²) in [6.07, 6.45) is 3.33. The number of halogens is 2. The van der Waals surface area contributed by atoms with Crippen LogP contribution in [0.3, 0.4) is 0 Å². The fraction of sp³-hybridized carbons (Fsp3) is 0.500. The molecule has 0 bridgehead atoms. The highest BCUT2D eigenvalue weighted by Crippen LogP contribution is 2.33. The van der Waals surface area contributed by atoms with Gasteiger partial charge in [-0.3, -0.25) is 0 Å². The van der Waals surface area contributed by atoms with Crippen molar-refractivity contribution in [3.8, 4) is 0 Å². The molecule has 2 rings (SSSR count). The van der Waals surface area contributed by atoms with Gasteiger partial charge < -0.3 is 10.5 Å². The number of hydrogen-bond donors (Lipinski definition) is 1. The summed E-state index contributed by atoms with van der Waals surface area (Å²) in [6, 6.07) is 5.36. The number of hydrogen-bond acceptors (Lipinski definition) is 2. The van der Waals surface area contributed by atoms with E-state index < -0.39 is 0 Å². The predicted octanol–water partition coefficient (Wildman–Crippen LogP) is 3.56. The monoisotopic (exact) mass is 259 g/mol. The summed E-state index contributed by atoms with van der Waals surface area (Å²) in [5, 5.41) is 1.09. The van der Waals surface area contributed by atoms with Crippen LogP contribution in [0.5, 0.6) is 0 Å². The van der Waals surface area contributed by atoms with Crippen LogP contribution in [0.4, 0.5) is 0 Å². The Hall–Kier alpha value is -0.280. The van der Waals surface area contributed by atoms with Crippen molar-refractivity contribution in [3.05, 3.63) is 33.8 Å². The quantitative estimate of drug-likeness (QED) is 0.882. The SMILES string of the molecule is NC(c1cccc(Cl)c1Cl)C1CCCCO1. The highest BCUT2D eigenvalue weighted by atomic mass is 35.5.